The van der Waals surface area contributed by atoms with E-state index >= 15 is 0 Å². The zero-order valence-corrected chi connectivity index (χ0v) is 16.7. The van der Waals surface area contributed by atoms with Gasteiger partial charge in [0, 0.05) is 76.1 Å². The van der Waals surface area contributed by atoms with Crippen LogP contribution in [0.25, 0.3) is 0 Å². The van der Waals surface area contributed by atoms with Gasteiger partial charge in [0.1, 0.15) is 5.82 Å². The highest BCUT2D eigenvalue weighted by molar-refractivity contribution is 5.79. The second-order valence-electron chi connectivity index (χ2n) is 8.37. The molecule has 0 saturated carbocycles. The van der Waals surface area contributed by atoms with Crippen LogP contribution in [0.15, 0.2) is 18.6 Å². The van der Waals surface area contributed by atoms with Crippen molar-refractivity contribution in [2.75, 3.05) is 13.6 Å². The van der Waals surface area contributed by atoms with E-state index < -0.39 is 0 Å². The minimum atomic E-state index is 0.0112. The number of aryl methyl sites for hydroxylation is 2. The summed E-state index contributed by atoms with van der Waals surface area (Å²) in [5, 5.41) is 8.18. The molecule has 1 N–H and O–H groups in total. The van der Waals surface area contributed by atoms with E-state index in [1.54, 1.807) is 6.20 Å². The molecule has 1 amide bonds. The van der Waals surface area contributed by atoms with E-state index in [0.29, 0.717) is 6.42 Å². The molecule has 1 aliphatic heterocycles. The van der Waals surface area contributed by atoms with Crippen LogP contribution in [0.1, 0.15) is 50.3 Å². The van der Waals surface area contributed by atoms with E-state index in [-0.39, 0.29) is 23.3 Å². The van der Waals surface area contributed by atoms with Crippen LogP contribution in [0.4, 0.5) is 0 Å². The number of hydrogen-bond donors (Lipinski definition) is 1. The topological polar surface area (TPSA) is 68.0 Å². The molecule has 2 atom stereocenters. The van der Waals surface area contributed by atoms with Gasteiger partial charge in [-0.15, -0.1) is 0 Å². The van der Waals surface area contributed by atoms with Crippen molar-refractivity contribution in [3.63, 3.8) is 0 Å². The SMILES string of the molecule is CN1C(=O)C[C@@H](CNCc2cn(C)nc2C(C)(C)C)[C@@H]1c1nccn1C. The third-order valence-corrected chi connectivity index (χ3v) is 5.15. The smallest absolute Gasteiger partial charge is 0.223 e. The predicted molar refractivity (Wildman–Crippen MR) is 100 cm³/mol. The number of nitrogens with zero attached hydrogens (tertiary/aromatic N) is 5. The molecule has 7 nitrogen and oxygen atoms in total. The van der Waals surface area contributed by atoms with E-state index in [0.717, 1.165) is 24.6 Å². The molecule has 142 valence electrons. The first-order valence-corrected chi connectivity index (χ1v) is 9.15. The van der Waals surface area contributed by atoms with Gasteiger partial charge in [-0.2, -0.15) is 5.10 Å². The number of carbonyl (C=O) groups is 1. The maximum Gasteiger partial charge on any atom is 0.223 e. The second-order valence-corrected chi connectivity index (χ2v) is 8.37. The third-order valence-electron chi connectivity index (χ3n) is 5.15. The summed E-state index contributed by atoms with van der Waals surface area (Å²) in [6.07, 6.45) is 6.36. The molecular weight excluding hydrogens is 328 g/mol. The molecule has 0 radical (unpaired) electrons. The van der Waals surface area contributed by atoms with E-state index in [1.165, 1.54) is 5.56 Å². The number of aromatic nitrogens is 4. The molecule has 1 saturated heterocycles. The Morgan fingerprint density at radius 1 is 1.27 bits per heavy atom. The van der Waals surface area contributed by atoms with Crippen molar-refractivity contribution in [1.82, 2.24) is 29.5 Å². The standard InChI is InChI=1S/C19H30N6O/c1-19(2,3)17-14(12-24(5)22-17)11-20-10-13-9-15(26)25(6)16(13)18-21-7-8-23(18)4/h7-8,12-13,16,20H,9-11H2,1-6H3/t13-,16+/m0/s1. The maximum absolute atomic E-state index is 12.3. The lowest BCUT2D eigenvalue weighted by atomic mass is 9.89. The van der Waals surface area contributed by atoms with Crippen LogP contribution in [-0.4, -0.2) is 43.7 Å². The van der Waals surface area contributed by atoms with Gasteiger partial charge in [0.2, 0.25) is 5.91 Å². The number of imidazole rings is 1. The van der Waals surface area contributed by atoms with Gasteiger partial charge in [0.15, 0.2) is 0 Å². The zero-order chi connectivity index (χ0) is 19.1. The summed E-state index contributed by atoms with van der Waals surface area (Å²) in [7, 11) is 5.82. The molecule has 26 heavy (non-hydrogen) atoms. The highest BCUT2D eigenvalue weighted by Gasteiger charge is 2.40. The van der Waals surface area contributed by atoms with Gasteiger partial charge in [-0.05, 0) is 0 Å². The second kappa shape index (κ2) is 6.87. The largest absolute Gasteiger partial charge is 0.336 e. The van der Waals surface area contributed by atoms with Crippen molar-refractivity contribution in [3.05, 3.63) is 35.7 Å². The molecule has 2 aromatic heterocycles. The van der Waals surface area contributed by atoms with E-state index in [9.17, 15) is 4.79 Å². The Balaban J connectivity index is 1.70. The van der Waals surface area contributed by atoms with Crippen LogP contribution in [0.5, 0.6) is 0 Å². The summed E-state index contributed by atoms with van der Waals surface area (Å²) in [6, 6.07) is 0.0194. The van der Waals surface area contributed by atoms with Gasteiger partial charge < -0.3 is 14.8 Å². The van der Waals surface area contributed by atoms with E-state index in [4.69, 9.17) is 0 Å². The molecule has 1 aliphatic rings. The van der Waals surface area contributed by atoms with Gasteiger partial charge in [-0.1, -0.05) is 20.8 Å². The van der Waals surface area contributed by atoms with Crippen molar-refractivity contribution in [3.8, 4) is 0 Å². The van der Waals surface area contributed by atoms with Gasteiger partial charge in [0.05, 0.1) is 11.7 Å². The number of likely N-dealkylation sites (tertiary alicyclic amines) is 1. The Morgan fingerprint density at radius 2 is 2.00 bits per heavy atom. The predicted octanol–water partition coefficient (Wildman–Crippen LogP) is 1.76. The Labute approximate surface area is 155 Å². The Bertz CT molecular complexity index is 784. The van der Waals surface area contributed by atoms with Crippen molar-refractivity contribution in [2.24, 2.45) is 20.0 Å². The van der Waals surface area contributed by atoms with Crippen molar-refractivity contribution in [1.29, 1.82) is 0 Å². The van der Waals surface area contributed by atoms with Crippen molar-refractivity contribution >= 4 is 5.91 Å². The quantitative estimate of drug-likeness (QED) is 0.884. The first-order valence-electron chi connectivity index (χ1n) is 9.15. The summed E-state index contributed by atoms with van der Waals surface area (Å²) in [4.78, 5) is 18.6. The molecule has 2 aromatic rings. The first-order chi connectivity index (χ1) is 12.2. The number of rotatable bonds is 5. The van der Waals surface area contributed by atoms with Crippen LogP contribution in [-0.2, 0) is 30.8 Å². The molecule has 3 heterocycles. The lowest BCUT2D eigenvalue weighted by Gasteiger charge is -2.25. The van der Waals surface area contributed by atoms with Gasteiger partial charge >= 0.3 is 0 Å². The molecule has 0 bridgehead atoms. The molecular formula is C19H30N6O. The van der Waals surface area contributed by atoms with E-state index in [2.05, 4.69) is 42.4 Å². The fourth-order valence-electron chi connectivity index (χ4n) is 3.87. The number of carbonyl (C=O) groups excluding carboxylic acids is 1. The van der Waals surface area contributed by atoms with Gasteiger partial charge in [-0.3, -0.25) is 9.48 Å². The Hall–Kier alpha value is -2.15. The summed E-state index contributed by atoms with van der Waals surface area (Å²) in [5.74, 6) is 1.34. The highest BCUT2D eigenvalue weighted by atomic mass is 16.2. The van der Waals surface area contributed by atoms with Crippen molar-refractivity contribution in [2.45, 2.75) is 45.2 Å². The highest BCUT2D eigenvalue weighted by Crippen LogP contribution is 2.35. The average Bonchev–Trinajstić information content (AvgIpc) is 3.19. The zero-order valence-electron chi connectivity index (χ0n) is 16.7. The van der Waals surface area contributed by atoms with Crippen LogP contribution >= 0.6 is 0 Å². The Kier molecular flexibility index (Phi) is 4.92. The molecule has 0 spiro atoms. The molecule has 3 rings (SSSR count). The molecule has 0 unspecified atom stereocenters. The van der Waals surface area contributed by atoms with Crippen molar-refractivity contribution < 1.29 is 4.79 Å². The van der Waals surface area contributed by atoms with Gasteiger partial charge in [0.25, 0.3) is 0 Å². The van der Waals surface area contributed by atoms with Gasteiger partial charge in [-0.25, -0.2) is 4.98 Å². The number of nitrogens with one attached hydrogen (secondary N) is 1. The monoisotopic (exact) mass is 358 g/mol. The maximum atomic E-state index is 12.3. The van der Waals surface area contributed by atoms with E-state index in [1.807, 2.05) is 41.5 Å². The summed E-state index contributed by atoms with van der Waals surface area (Å²) < 4.78 is 3.88. The van der Waals surface area contributed by atoms with Crippen LogP contribution < -0.4 is 5.32 Å². The first kappa shape index (κ1) is 18.6. The van der Waals surface area contributed by atoms with Crippen LogP contribution in [0.2, 0.25) is 0 Å². The normalized spacial score (nSPS) is 21.0. The third kappa shape index (κ3) is 3.53. The summed E-state index contributed by atoms with van der Waals surface area (Å²) in [5.41, 5.74) is 2.34. The molecule has 0 aliphatic carbocycles. The average molecular weight is 358 g/mol. The number of amides is 1. The van der Waals surface area contributed by atoms with Crippen LogP contribution in [0.3, 0.4) is 0 Å². The summed E-state index contributed by atoms with van der Waals surface area (Å²) in [6.45, 7) is 8.07. The Morgan fingerprint density at radius 3 is 2.62 bits per heavy atom. The molecule has 1 fully saturated rings. The van der Waals surface area contributed by atoms with Crippen LogP contribution in [0, 0.1) is 5.92 Å². The number of hydrogen-bond acceptors (Lipinski definition) is 4. The minimum Gasteiger partial charge on any atom is -0.336 e. The lowest BCUT2D eigenvalue weighted by molar-refractivity contribution is -0.127. The molecule has 7 heteroatoms. The molecule has 0 aromatic carbocycles. The fraction of sp³-hybridized carbons (Fsp3) is 0.632. The summed E-state index contributed by atoms with van der Waals surface area (Å²) >= 11 is 0. The fourth-order valence-corrected chi connectivity index (χ4v) is 3.87. The minimum absolute atomic E-state index is 0.0112. The lowest BCUT2D eigenvalue weighted by Crippen LogP contribution is -2.31.